The molecule has 0 saturated carbocycles. The molecule has 6 heteroatoms. The quantitative estimate of drug-likeness (QED) is 0.557. The van der Waals surface area contributed by atoms with Gasteiger partial charge in [-0.3, -0.25) is 14.9 Å². The number of hydrogen-bond acceptors (Lipinski definition) is 3. The number of rotatable bonds is 5. The number of aromatic nitrogens is 1. The lowest BCUT2D eigenvalue weighted by atomic mass is 10.1. The average molecular weight is 309 g/mol. The monoisotopic (exact) mass is 309 g/mol. The largest absolute Gasteiger partial charge is 0.361 e. The average Bonchev–Trinajstić information content (AvgIpc) is 2.96. The van der Waals surface area contributed by atoms with E-state index in [0.29, 0.717) is 18.5 Å². The molecule has 1 heterocycles. The van der Waals surface area contributed by atoms with Gasteiger partial charge in [-0.25, -0.2) is 0 Å². The Kier molecular flexibility index (Phi) is 4.05. The summed E-state index contributed by atoms with van der Waals surface area (Å²) in [4.78, 5) is 25.5. The molecule has 0 fully saturated rings. The predicted molar refractivity (Wildman–Crippen MR) is 88.3 cm³/mol. The number of hydrogen-bond donors (Lipinski definition) is 2. The van der Waals surface area contributed by atoms with E-state index in [-0.39, 0.29) is 11.6 Å². The predicted octanol–water partition coefficient (Wildman–Crippen LogP) is 3.65. The van der Waals surface area contributed by atoms with Crippen LogP contribution in [0.5, 0.6) is 0 Å². The molecule has 3 aromatic rings. The van der Waals surface area contributed by atoms with Crippen molar-refractivity contribution in [3.05, 3.63) is 70.4 Å². The number of amides is 1. The Bertz CT molecular complexity index is 870. The fourth-order valence-corrected chi connectivity index (χ4v) is 2.51. The maximum absolute atomic E-state index is 12.0. The van der Waals surface area contributed by atoms with Crippen LogP contribution in [0.1, 0.15) is 12.0 Å². The highest BCUT2D eigenvalue weighted by Gasteiger charge is 2.09. The van der Waals surface area contributed by atoms with E-state index in [1.165, 1.54) is 12.1 Å². The number of nitrogens with zero attached hydrogens (tertiary/aromatic N) is 1. The van der Waals surface area contributed by atoms with Crippen LogP contribution in [0.2, 0.25) is 0 Å². The number of benzene rings is 2. The number of H-pyrrole nitrogens is 1. The van der Waals surface area contributed by atoms with Gasteiger partial charge in [0.15, 0.2) is 0 Å². The number of nitro benzene ring substituents is 1. The maximum atomic E-state index is 12.0. The molecule has 0 aliphatic rings. The molecule has 0 saturated heterocycles. The molecule has 0 aliphatic carbocycles. The van der Waals surface area contributed by atoms with Crippen molar-refractivity contribution >= 4 is 28.2 Å². The first-order chi connectivity index (χ1) is 11.1. The molecular weight excluding hydrogens is 294 g/mol. The number of non-ortho nitro benzene ring substituents is 1. The first-order valence-corrected chi connectivity index (χ1v) is 7.23. The molecule has 2 aromatic carbocycles. The second-order valence-corrected chi connectivity index (χ2v) is 5.22. The Labute approximate surface area is 132 Å². The van der Waals surface area contributed by atoms with Gasteiger partial charge in [0.1, 0.15) is 0 Å². The van der Waals surface area contributed by atoms with E-state index in [1.807, 2.05) is 30.5 Å². The Morgan fingerprint density at radius 3 is 2.83 bits per heavy atom. The van der Waals surface area contributed by atoms with E-state index in [4.69, 9.17) is 0 Å². The molecule has 0 radical (unpaired) electrons. The third-order valence-corrected chi connectivity index (χ3v) is 3.64. The third kappa shape index (κ3) is 3.37. The van der Waals surface area contributed by atoms with Gasteiger partial charge < -0.3 is 10.3 Å². The molecule has 0 unspecified atom stereocenters. The first-order valence-electron chi connectivity index (χ1n) is 7.23. The fraction of sp³-hybridized carbons (Fsp3) is 0.118. The van der Waals surface area contributed by atoms with Crippen LogP contribution in [0.3, 0.4) is 0 Å². The van der Waals surface area contributed by atoms with E-state index in [2.05, 4.69) is 10.3 Å². The van der Waals surface area contributed by atoms with Crippen molar-refractivity contribution in [1.82, 2.24) is 4.98 Å². The number of nitro groups is 1. The zero-order valence-electron chi connectivity index (χ0n) is 12.3. The van der Waals surface area contributed by atoms with Crippen LogP contribution in [0.25, 0.3) is 10.9 Å². The molecule has 0 bridgehead atoms. The normalized spacial score (nSPS) is 10.6. The van der Waals surface area contributed by atoms with E-state index < -0.39 is 4.92 Å². The van der Waals surface area contributed by atoms with E-state index >= 15 is 0 Å². The van der Waals surface area contributed by atoms with E-state index in [9.17, 15) is 14.9 Å². The minimum atomic E-state index is -0.485. The van der Waals surface area contributed by atoms with Gasteiger partial charge in [0.05, 0.1) is 4.92 Å². The number of carbonyl (C=O) groups is 1. The van der Waals surface area contributed by atoms with Crippen molar-refractivity contribution in [1.29, 1.82) is 0 Å². The van der Waals surface area contributed by atoms with Gasteiger partial charge >= 0.3 is 0 Å². The Hall–Kier alpha value is -3.15. The number of carbonyl (C=O) groups excluding carboxylic acids is 1. The highest BCUT2D eigenvalue weighted by Crippen LogP contribution is 2.20. The molecule has 1 aromatic heterocycles. The van der Waals surface area contributed by atoms with Gasteiger partial charge in [0.25, 0.3) is 5.69 Å². The van der Waals surface area contributed by atoms with Crippen LogP contribution in [0, 0.1) is 10.1 Å². The number of aromatic amines is 1. The van der Waals surface area contributed by atoms with Crippen molar-refractivity contribution in [2.45, 2.75) is 12.8 Å². The summed E-state index contributed by atoms with van der Waals surface area (Å²) in [6.45, 7) is 0. The molecular formula is C17H15N3O3. The van der Waals surface area contributed by atoms with E-state index in [0.717, 1.165) is 16.5 Å². The minimum Gasteiger partial charge on any atom is -0.361 e. The summed E-state index contributed by atoms with van der Waals surface area (Å²) in [6, 6.07) is 13.8. The van der Waals surface area contributed by atoms with Gasteiger partial charge in [-0.2, -0.15) is 0 Å². The fourth-order valence-electron chi connectivity index (χ4n) is 2.51. The highest BCUT2D eigenvalue weighted by atomic mass is 16.6. The van der Waals surface area contributed by atoms with Crippen molar-refractivity contribution in [2.75, 3.05) is 5.32 Å². The van der Waals surface area contributed by atoms with Crippen LogP contribution in [-0.4, -0.2) is 15.8 Å². The lowest BCUT2D eigenvalue weighted by Gasteiger charge is -2.05. The third-order valence-electron chi connectivity index (χ3n) is 3.64. The number of para-hydroxylation sites is 1. The Morgan fingerprint density at radius 1 is 1.17 bits per heavy atom. The second-order valence-electron chi connectivity index (χ2n) is 5.22. The number of aryl methyl sites for hydroxylation is 1. The van der Waals surface area contributed by atoms with Crippen molar-refractivity contribution in [3.63, 3.8) is 0 Å². The summed E-state index contributed by atoms with van der Waals surface area (Å²) in [5.74, 6) is -0.171. The summed E-state index contributed by atoms with van der Waals surface area (Å²) < 4.78 is 0. The molecule has 0 spiro atoms. The molecule has 116 valence electrons. The zero-order valence-corrected chi connectivity index (χ0v) is 12.3. The summed E-state index contributed by atoms with van der Waals surface area (Å²) >= 11 is 0. The Balaban J connectivity index is 1.64. The summed E-state index contributed by atoms with van der Waals surface area (Å²) in [5.41, 5.74) is 2.51. The topological polar surface area (TPSA) is 88.0 Å². The number of fused-ring (bicyclic) bond motifs is 1. The lowest BCUT2D eigenvalue weighted by Crippen LogP contribution is -2.12. The van der Waals surface area contributed by atoms with Gasteiger partial charge in [-0.15, -0.1) is 0 Å². The highest BCUT2D eigenvalue weighted by molar-refractivity contribution is 5.91. The smallest absolute Gasteiger partial charge is 0.271 e. The van der Waals surface area contributed by atoms with Crippen LogP contribution >= 0.6 is 0 Å². The van der Waals surface area contributed by atoms with Crippen LogP contribution < -0.4 is 5.32 Å². The molecule has 0 atom stereocenters. The summed E-state index contributed by atoms with van der Waals surface area (Å²) in [7, 11) is 0. The molecule has 1 amide bonds. The molecule has 6 nitrogen and oxygen atoms in total. The molecule has 0 aliphatic heterocycles. The molecule has 3 rings (SSSR count). The zero-order chi connectivity index (χ0) is 16.2. The summed E-state index contributed by atoms with van der Waals surface area (Å²) in [6.07, 6.45) is 2.82. The minimum absolute atomic E-state index is 0.0422. The SMILES string of the molecule is O=C(CCc1c[nH]c2ccccc12)Nc1cccc([N+](=O)[O-])c1. The first kappa shape index (κ1) is 14.8. The van der Waals surface area contributed by atoms with Gasteiger partial charge in [-0.1, -0.05) is 24.3 Å². The number of nitrogens with one attached hydrogen (secondary N) is 2. The standard InChI is InChI=1S/C17H15N3O3/c21-17(19-13-4-3-5-14(10-13)20(22)23)9-8-12-11-18-16-7-2-1-6-15(12)16/h1-7,10-11,18H,8-9H2,(H,19,21). The summed E-state index contributed by atoms with van der Waals surface area (Å²) in [5, 5.41) is 14.5. The van der Waals surface area contributed by atoms with Crippen molar-refractivity contribution in [3.8, 4) is 0 Å². The van der Waals surface area contributed by atoms with Crippen molar-refractivity contribution < 1.29 is 9.72 Å². The lowest BCUT2D eigenvalue weighted by molar-refractivity contribution is -0.384. The van der Waals surface area contributed by atoms with Crippen LogP contribution in [0.15, 0.2) is 54.7 Å². The Morgan fingerprint density at radius 2 is 2.00 bits per heavy atom. The van der Waals surface area contributed by atoms with Gasteiger partial charge in [-0.05, 0) is 24.1 Å². The number of anilines is 1. The van der Waals surface area contributed by atoms with E-state index in [1.54, 1.807) is 12.1 Å². The van der Waals surface area contributed by atoms with Gasteiger partial charge in [0.2, 0.25) is 5.91 Å². The van der Waals surface area contributed by atoms with Gasteiger partial charge in [0, 0.05) is 41.3 Å². The molecule has 2 N–H and O–H groups in total. The van der Waals surface area contributed by atoms with Crippen molar-refractivity contribution in [2.24, 2.45) is 0 Å². The van der Waals surface area contributed by atoms with Crippen LogP contribution in [0.4, 0.5) is 11.4 Å². The van der Waals surface area contributed by atoms with Crippen LogP contribution in [-0.2, 0) is 11.2 Å². The maximum Gasteiger partial charge on any atom is 0.271 e. The molecule has 23 heavy (non-hydrogen) atoms. The second kappa shape index (κ2) is 6.31.